The van der Waals surface area contributed by atoms with Crippen LogP contribution in [0, 0.1) is 0 Å². The zero-order chi connectivity index (χ0) is 20.5. The molecule has 1 atom stereocenters. The SMILES string of the molecule is CCc1ccc(/C(O)=C2/C(=O)C(=O)N(c3ccccc3O)C2c2ccco2)cc1. The van der Waals surface area contributed by atoms with Gasteiger partial charge in [0.05, 0.1) is 17.5 Å². The number of hydrogen-bond donors (Lipinski definition) is 2. The molecule has 0 bridgehead atoms. The number of phenols is 1. The van der Waals surface area contributed by atoms with Crippen LogP contribution in [0.4, 0.5) is 5.69 Å². The van der Waals surface area contributed by atoms with Crippen LogP contribution < -0.4 is 4.90 Å². The van der Waals surface area contributed by atoms with Crippen molar-refractivity contribution in [3.63, 3.8) is 0 Å². The second-order valence-electron chi connectivity index (χ2n) is 6.72. The molecule has 3 aromatic rings. The molecule has 2 heterocycles. The summed E-state index contributed by atoms with van der Waals surface area (Å²) in [5.41, 5.74) is 1.58. The van der Waals surface area contributed by atoms with Crippen molar-refractivity contribution in [2.45, 2.75) is 19.4 Å². The molecule has 146 valence electrons. The molecule has 1 aliphatic heterocycles. The van der Waals surface area contributed by atoms with Crippen LogP contribution in [-0.4, -0.2) is 21.9 Å². The van der Waals surface area contributed by atoms with Gasteiger partial charge >= 0.3 is 0 Å². The van der Waals surface area contributed by atoms with Crippen LogP contribution in [0.25, 0.3) is 5.76 Å². The number of nitrogens with zero attached hydrogens (tertiary/aromatic N) is 1. The minimum Gasteiger partial charge on any atom is -0.507 e. The molecule has 0 aliphatic carbocycles. The van der Waals surface area contributed by atoms with Crippen molar-refractivity contribution >= 4 is 23.1 Å². The quantitative estimate of drug-likeness (QED) is 0.397. The third-order valence-corrected chi connectivity index (χ3v) is 5.03. The first-order chi connectivity index (χ1) is 14.0. The molecule has 29 heavy (non-hydrogen) atoms. The standard InChI is InChI=1S/C23H19NO5/c1-2-14-9-11-15(12-10-14)21(26)19-20(18-8-5-13-29-18)24(23(28)22(19)27)16-6-3-4-7-17(16)25/h3-13,20,25-26H,2H2,1H3/b21-19-. The monoisotopic (exact) mass is 389 g/mol. The summed E-state index contributed by atoms with van der Waals surface area (Å²) in [6.45, 7) is 2.02. The zero-order valence-electron chi connectivity index (χ0n) is 15.7. The minimum atomic E-state index is -0.996. The van der Waals surface area contributed by atoms with Gasteiger partial charge in [0.2, 0.25) is 0 Å². The molecule has 1 fully saturated rings. The molecule has 2 N–H and O–H groups in total. The number of aromatic hydroxyl groups is 1. The van der Waals surface area contributed by atoms with Crippen molar-refractivity contribution in [1.82, 2.24) is 0 Å². The highest BCUT2D eigenvalue weighted by molar-refractivity contribution is 6.51. The molecule has 0 saturated carbocycles. The second-order valence-corrected chi connectivity index (χ2v) is 6.72. The number of aliphatic hydroxyl groups excluding tert-OH is 1. The van der Waals surface area contributed by atoms with E-state index in [-0.39, 0.29) is 22.8 Å². The Balaban J connectivity index is 1.91. The van der Waals surface area contributed by atoms with Gasteiger partial charge < -0.3 is 14.6 Å². The first-order valence-corrected chi connectivity index (χ1v) is 9.24. The smallest absolute Gasteiger partial charge is 0.300 e. The van der Waals surface area contributed by atoms with E-state index in [0.29, 0.717) is 11.3 Å². The number of Topliss-reactive ketones (excluding diaryl/α,β-unsaturated/α-hetero) is 1. The molecule has 1 saturated heterocycles. The number of carbonyl (C=O) groups is 2. The minimum absolute atomic E-state index is 0.0857. The molecular weight excluding hydrogens is 370 g/mol. The number of benzene rings is 2. The fourth-order valence-corrected chi connectivity index (χ4v) is 3.52. The van der Waals surface area contributed by atoms with E-state index in [0.717, 1.165) is 16.9 Å². The van der Waals surface area contributed by atoms with Gasteiger partial charge in [0.15, 0.2) is 0 Å². The van der Waals surface area contributed by atoms with Gasteiger partial charge in [-0.05, 0) is 36.2 Å². The normalized spacial score (nSPS) is 18.4. The Labute approximate surface area is 167 Å². The predicted octanol–water partition coefficient (Wildman–Crippen LogP) is 4.17. The summed E-state index contributed by atoms with van der Waals surface area (Å²) in [4.78, 5) is 27.0. The number of phenolic OH excluding ortho intramolecular Hbond substituents is 1. The van der Waals surface area contributed by atoms with Crippen LogP contribution in [-0.2, 0) is 16.0 Å². The van der Waals surface area contributed by atoms with Gasteiger partial charge in [-0.15, -0.1) is 0 Å². The predicted molar refractivity (Wildman–Crippen MR) is 107 cm³/mol. The second kappa shape index (κ2) is 7.31. The Morgan fingerprint density at radius 3 is 2.38 bits per heavy atom. The molecule has 1 aromatic heterocycles. The number of anilines is 1. The largest absolute Gasteiger partial charge is 0.507 e. The molecule has 1 unspecified atom stereocenters. The number of aryl methyl sites for hydroxylation is 1. The topological polar surface area (TPSA) is 91.0 Å². The highest BCUT2D eigenvalue weighted by Gasteiger charge is 2.48. The Morgan fingerprint density at radius 2 is 1.76 bits per heavy atom. The fraction of sp³-hybridized carbons (Fsp3) is 0.130. The maximum Gasteiger partial charge on any atom is 0.300 e. The lowest BCUT2D eigenvalue weighted by Crippen LogP contribution is -2.29. The van der Waals surface area contributed by atoms with E-state index in [9.17, 15) is 19.8 Å². The maximum atomic E-state index is 12.9. The number of para-hydroxylation sites is 2. The summed E-state index contributed by atoms with van der Waals surface area (Å²) in [5.74, 6) is -1.82. The number of carbonyl (C=O) groups excluding carboxylic acids is 2. The first-order valence-electron chi connectivity index (χ1n) is 9.24. The molecule has 4 rings (SSSR count). The average molecular weight is 389 g/mol. The van der Waals surface area contributed by atoms with E-state index < -0.39 is 17.7 Å². The van der Waals surface area contributed by atoms with Crippen LogP contribution in [0.15, 0.2) is 76.9 Å². The van der Waals surface area contributed by atoms with Gasteiger partial charge in [0, 0.05) is 5.56 Å². The summed E-state index contributed by atoms with van der Waals surface area (Å²) in [7, 11) is 0. The summed E-state index contributed by atoms with van der Waals surface area (Å²) in [6.07, 6.45) is 2.27. The van der Waals surface area contributed by atoms with E-state index in [1.807, 2.05) is 19.1 Å². The summed E-state index contributed by atoms with van der Waals surface area (Å²) < 4.78 is 5.49. The number of rotatable bonds is 4. The van der Waals surface area contributed by atoms with Gasteiger partial charge in [0.1, 0.15) is 23.3 Å². The van der Waals surface area contributed by atoms with E-state index in [1.165, 1.54) is 18.4 Å². The molecule has 1 amide bonds. The van der Waals surface area contributed by atoms with Crippen molar-refractivity contribution in [1.29, 1.82) is 0 Å². The summed E-state index contributed by atoms with van der Waals surface area (Å²) in [5, 5.41) is 21.2. The van der Waals surface area contributed by atoms with E-state index >= 15 is 0 Å². The molecule has 0 radical (unpaired) electrons. The zero-order valence-corrected chi connectivity index (χ0v) is 15.7. The number of ketones is 1. The highest BCUT2D eigenvalue weighted by Crippen LogP contribution is 2.44. The lowest BCUT2D eigenvalue weighted by Gasteiger charge is -2.24. The number of amides is 1. The van der Waals surface area contributed by atoms with E-state index in [2.05, 4.69) is 0 Å². The Hall–Kier alpha value is -3.80. The van der Waals surface area contributed by atoms with Crippen molar-refractivity contribution in [3.05, 3.63) is 89.4 Å². The van der Waals surface area contributed by atoms with Crippen molar-refractivity contribution in [2.75, 3.05) is 4.90 Å². The van der Waals surface area contributed by atoms with Gasteiger partial charge in [-0.1, -0.05) is 43.3 Å². The van der Waals surface area contributed by atoms with Crippen molar-refractivity contribution in [2.24, 2.45) is 0 Å². The number of furan rings is 1. The van der Waals surface area contributed by atoms with Crippen molar-refractivity contribution in [3.8, 4) is 5.75 Å². The number of hydrogen-bond acceptors (Lipinski definition) is 5. The number of aliphatic hydroxyl groups is 1. The lowest BCUT2D eigenvalue weighted by atomic mass is 9.98. The Kier molecular flexibility index (Phi) is 4.68. The Bertz CT molecular complexity index is 1100. The van der Waals surface area contributed by atoms with Crippen LogP contribution in [0.2, 0.25) is 0 Å². The van der Waals surface area contributed by atoms with E-state index in [1.54, 1.807) is 36.4 Å². The molecule has 6 heteroatoms. The third kappa shape index (κ3) is 3.08. The van der Waals surface area contributed by atoms with Crippen LogP contribution >= 0.6 is 0 Å². The molecule has 2 aromatic carbocycles. The third-order valence-electron chi connectivity index (χ3n) is 5.03. The summed E-state index contributed by atoms with van der Waals surface area (Å²) >= 11 is 0. The lowest BCUT2D eigenvalue weighted by molar-refractivity contribution is -0.132. The van der Waals surface area contributed by atoms with Crippen molar-refractivity contribution < 1.29 is 24.2 Å². The van der Waals surface area contributed by atoms with Gasteiger partial charge in [-0.25, -0.2) is 0 Å². The fourth-order valence-electron chi connectivity index (χ4n) is 3.52. The Morgan fingerprint density at radius 1 is 1.03 bits per heavy atom. The average Bonchev–Trinajstić information content (AvgIpc) is 3.35. The van der Waals surface area contributed by atoms with Crippen LogP contribution in [0.1, 0.15) is 29.9 Å². The molecule has 1 aliphatic rings. The highest BCUT2D eigenvalue weighted by atomic mass is 16.3. The summed E-state index contributed by atoms with van der Waals surface area (Å²) in [6, 6.07) is 15.6. The molecule has 0 spiro atoms. The van der Waals surface area contributed by atoms with Crippen LogP contribution in [0.5, 0.6) is 5.75 Å². The molecule has 6 nitrogen and oxygen atoms in total. The van der Waals surface area contributed by atoms with Gasteiger partial charge in [0.25, 0.3) is 11.7 Å². The van der Waals surface area contributed by atoms with E-state index in [4.69, 9.17) is 4.42 Å². The first kappa shape index (κ1) is 18.6. The maximum absolute atomic E-state index is 12.9. The molecular formula is C23H19NO5. The van der Waals surface area contributed by atoms with Gasteiger partial charge in [-0.3, -0.25) is 14.5 Å². The van der Waals surface area contributed by atoms with Gasteiger partial charge in [-0.2, -0.15) is 0 Å². The van der Waals surface area contributed by atoms with Crippen LogP contribution in [0.3, 0.4) is 0 Å².